The highest BCUT2D eigenvalue weighted by atomic mass is 16.5. The van der Waals surface area contributed by atoms with Crippen LogP contribution in [0.25, 0.3) is 0 Å². The van der Waals surface area contributed by atoms with Crippen LogP contribution >= 0.6 is 0 Å². The number of carbonyl (C=O) groups excluding carboxylic acids is 2. The number of ether oxygens (including phenoxy) is 8. The molecule has 0 bridgehead atoms. The molecule has 0 radical (unpaired) electrons. The predicted molar refractivity (Wildman–Crippen MR) is 173 cm³/mol. The molecule has 0 aliphatic carbocycles. The Hall–Kier alpha value is -5.78. The summed E-state index contributed by atoms with van der Waals surface area (Å²) in [6.45, 7) is 0. The lowest BCUT2D eigenvalue weighted by Crippen LogP contribution is -2.21. The van der Waals surface area contributed by atoms with Crippen LogP contribution in [0.5, 0.6) is 57.5 Å². The van der Waals surface area contributed by atoms with E-state index in [2.05, 4.69) is 0 Å². The van der Waals surface area contributed by atoms with Crippen LogP contribution in [0, 0.1) is 0 Å². The van der Waals surface area contributed by atoms with Crippen LogP contribution in [-0.2, 0) is 9.59 Å². The van der Waals surface area contributed by atoms with Crippen molar-refractivity contribution >= 4 is 11.9 Å². The highest BCUT2D eigenvalue weighted by Crippen LogP contribution is 2.48. The van der Waals surface area contributed by atoms with Crippen molar-refractivity contribution in [2.24, 2.45) is 0 Å². The second-order valence-electron chi connectivity index (χ2n) is 10.8. The van der Waals surface area contributed by atoms with Crippen molar-refractivity contribution in [2.45, 2.75) is 24.7 Å². The molecule has 0 fully saturated rings. The van der Waals surface area contributed by atoms with Crippen LogP contribution in [0.1, 0.15) is 46.9 Å². The van der Waals surface area contributed by atoms with Gasteiger partial charge in [-0.05, 0) is 35.4 Å². The summed E-state index contributed by atoms with van der Waals surface area (Å²) in [5.41, 5.74) is 3.19. The molecule has 12 heteroatoms. The highest BCUT2D eigenvalue weighted by molar-refractivity contribution is 5.80. The first-order valence-corrected chi connectivity index (χ1v) is 14.8. The molecule has 0 saturated heterocycles. The summed E-state index contributed by atoms with van der Waals surface area (Å²) in [7, 11) is 9.14. The Labute approximate surface area is 277 Å². The van der Waals surface area contributed by atoms with Gasteiger partial charge in [-0.1, -0.05) is 12.1 Å². The highest BCUT2D eigenvalue weighted by Gasteiger charge is 2.34. The number of esters is 2. The van der Waals surface area contributed by atoms with Crippen molar-refractivity contribution in [2.75, 3.05) is 42.7 Å². The molecule has 4 aromatic carbocycles. The molecule has 2 N–H and O–H groups in total. The van der Waals surface area contributed by atoms with Crippen molar-refractivity contribution < 1.29 is 57.7 Å². The van der Waals surface area contributed by atoms with Gasteiger partial charge in [0.2, 0.25) is 0 Å². The fourth-order valence-corrected chi connectivity index (χ4v) is 5.84. The first-order chi connectivity index (χ1) is 23.1. The molecule has 0 spiro atoms. The SMILES string of the molecule is COc1cc(OC)c2c(c1)OC(=O)C[C@@H]2c1ccc(O)c(OC)c1.COc1cc(OC)c2c(c1)OC(=O)C[C@H]2c1ccc(O)c(OC)c1. The fraction of sp³-hybridized carbons (Fsp3) is 0.278. The normalized spacial score (nSPS) is 16.1. The van der Waals surface area contributed by atoms with Crippen molar-refractivity contribution in [3.05, 3.63) is 82.9 Å². The predicted octanol–water partition coefficient (Wildman–Crippen LogP) is 5.72. The third-order valence-corrected chi connectivity index (χ3v) is 8.16. The van der Waals surface area contributed by atoms with Gasteiger partial charge < -0.3 is 48.1 Å². The van der Waals surface area contributed by atoms with Gasteiger partial charge in [-0.2, -0.15) is 0 Å². The molecule has 2 aliphatic rings. The van der Waals surface area contributed by atoms with Crippen LogP contribution in [0.15, 0.2) is 60.7 Å². The van der Waals surface area contributed by atoms with E-state index in [9.17, 15) is 19.8 Å². The van der Waals surface area contributed by atoms with E-state index in [4.69, 9.17) is 37.9 Å². The van der Waals surface area contributed by atoms with Crippen LogP contribution in [-0.4, -0.2) is 64.8 Å². The maximum atomic E-state index is 12.0. The Morgan fingerprint density at radius 1 is 0.521 bits per heavy atom. The summed E-state index contributed by atoms with van der Waals surface area (Å²) in [6, 6.07) is 16.9. The minimum absolute atomic E-state index is 0.0431. The van der Waals surface area contributed by atoms with Crippen molar-refractivity contribution in [3.8, 4) is 57.5 Å². The van der Waals surface area contributed by atoms with Gasteiger partial charge in [0.15, 0.2) is 23.0 Å². The zero-order chi connectivity index (χ0) is 34.5. The lowest BCUT2D eigenvalue weighted by molar-refractivity contribution is -0.136. The quantitative estimate of drug-likeness (QED) is 0.176. The molecule has 252 valence electrons. The molecule has 0 aromatic heterocycles. The minimum atomic E-state index is -0.338. The number of methoxy groups -OCH3 is 6. The molecule has 12 nitrogen and oxygen atoms in total. The van der Waals surface area contributed by atoms with Crippen LogP contribution in [0.2, 0.25) is 0 Å². The van der Waals surface area contributed by atoms with Gasteiger partial charge in [0.05, 0.1) is 55.5 Å². The van der Waals surface area contributed by atoms with Gasteiger partial charge in [0, 0.05) is 47.2 Å². The Morgan fingerprint density at radius 3 is 1.23 bits per heavy atom. The molecule has 0 amide bonds. The number of phenols is 2. The third-order valence-electron chi connectivity index (χ3n) is 8.16. The average molecular weight is 661 g/mol. The second-order valence-corrected chi connectivity index (χ2v) is 10.8. The first-order valence-electron chi connectivity index (χ1n) is 14.8. The lowest BCUT2D eigenvalue weighted by atomic mass is 9.85. The summed E-state index contributed by atoms with van der Waals surface area (Å²) in [6.07, 6.45) is 0.341. The van der Waals surface area contributed by atoms with Crippen molar-refractivity contribution in [3.63, 3.8) is 0 Å². The van der Waals surface area contributed by atoms with Crippen LogP contribution < -0.4 is 37.9 Å². The summed E-state index contributed by atoms with van der Waals surface area (Å²) in [5, 5.41) is 19.6. The van der Waals surface area contributed by atoms with E-state index in [0.29, 0.717) is 46.0 Å². The van der Waals surface area contributed by atoms with E-state index < -0.39 is 0 Å². The Bertz CT molecular complexity index is 1700. The topological polar surface area (TPSA) is 148 Å². The minimum Gasteiger partial charge on any atom is -0.504 e. The number of hydrogen-bond acceptors (Lipinski definition) is 12. The van der Waals surface area contributed by atoms with Crippen molar-refractivity contribution in [1.29, 1.82) is 0 Å². The molecule has 6 rings (SSSR count). The maximum Gasteiger partial charge on any atom is 0.312 e. The van der Waals surface area contributed by atoms with E-state index >= 15 is 0 Å². The Morgan fingerprint density at radius 2 is 0.896 bits per heavy atom. The molecule has 2 atom stereocenters. The number of benzene rings is 4. The Kier molecular flexibility index (Phi) is 10.0. The maximum absolute atomic E-state index is 12.0. The summed E-state index contributed by atoms with van der Waals surface area (Å²) < 4.78 is 42.5. The molecule has 48 heavy (non-hydrogen) atoms. The Balaban J connectivity index is 0.000000188. The molecular formula is C36H36O12. The molecule has 4 aromatic rings. The zero-order valence-corrected chi connectivity index (χ0v) is 27.3. The number of phenolic OH excluding ortho intramolecular Hbond substituents is 2. The number of carbonyl (C=O) groups is 2. The van der Waals surface area contributed by atoms with Gasteiger partial charge in [-0.15, -0.1) is 0 Å². The standard InChI is InChI=1S/2C18H18O6/c2*1-21-11-7-15(23-3)18-12(9-17(20)24-16(18)8-11)10-4-5-13(19)14(6-10)22-2/h2*4-8,12,19H,9H2,1-3H3/t2*12-/m10/s1. The second kappa shape index (κ2) is 14.3. The monoisotopic (exact) mass is 660 g/mol. The van der Waals surface area contributed by atoms with E-state index in [1.165, 1.54) is 28.4 Å². The lowest BCUT2D eigenvalue weighted by Gasteiger charge is -2.27. The number of aromatic hydroxyl groups is 2. The molecule has 2 aliphatic heterocycles. The summed E-state index contributed by atoms with van der Waals surface area (Å²) in [4.78, 5) is 24.1. The van der Waals surface area contributed by atoms with E-state index in [1.54, 1.807) is 74.9 Å². The van der Waals surface area contributed by atoms with Gasteiger partial charge in [0.1, 0.15) is 34.5 Å². The smallest absolute Gasteiger partial charge is 0.312 e. The number of rotatable bonds is 8. The number of hydrogen-bond donors (Lipinski definition) is 2. The van der Waals surface area contributed by atoms with E-state index in [-0.39, 0.29) is 48.1 Å². The van der Waals surface area contributed by atoms with Crippen molar-refractivity contribution in [1.82, 2.24) is 0 Å². The van der Waals surface area contributed by atoms with Gasteiger partial charge in [-0.25, -0.2) is 0 Å². The van der Waals surface area contributed by atoms with Gasteiger partial charge in [0.25, 0.3) is 0 Å². The molecule has 0 saturated carbocycles. The van der Waals surface area contributed by atoms with Gasteiger partial charge >= 0.3 is 11.9 Å². The van der Waals surface area contributed by atoms with Crippen LogP contribution in [0.3, 0.4) is 0 Å². The van der Waals surface area contributed by atoms with E-state index in [1.807, 2.05) is 0 Å². The molecule has 2 heterocycles. The number of fused-ring (bicyclic) bond motifs is 2. The van der Waals surface area contributed by atoms with E-state index in [0.717, 1.165) is 22.3 Å². The molecule has 0 unspecified atom stereocenters. The van der Waals surface area contributed by atoms with Gasteiger partial charge in [-0.3, -0.25) is 9.59 Å². The van der Waals surface area contributed by atoms with Crippen LogP contribution in [0.4, 0.5) is 0 Å². The zero-order valence-electron chi connectivity index (χ0n) is 27.3. The summed E-state index contributed by atoms with van der Waals surface area (Å²) >= 11 is 0. The molecular weight excluding hydrogens is 624 g/mol. The summed E-state index contributed by atoms with van der Waals surface area (Å²) in [5.74, 6) is 2.65. The first kappa shape index (κ1) is 33.6. The largest absolute Gasteiger partial charge is 0.504 e. The average Bonchev–Trinajstić information content (AvgIpc) is 3.10. The third kappa shape index (κ3) is 6.68. The fourth-order valence-electron chi connectivity index (χ4n) is 5.84.